The lowest BCUT2D eigenvalue weighted by Gasteiger charge is -2.04. The smallest absolute Gasteiger partial charge is 0.199 e. The van der Waals surface area contributed by atoms with Gasteiger partial charge >= 0.3 is 0 Å². The van der Waals surface area contributed by atoms with Crippen LogP contribution in [0.5, 0.6) is 0 Å². The zero-order valence-electron chi connectivity index (χ0n) is 10.5. The molecule has 3 aromatic heterocycles. The summed E-state index contributed by atoms with van der Waals surface area (Å²) in [4.78, 5) is 8.47. The van der Waals surface area contributed by atoms with Crippen LogP contribution in [0.25, 0.3) is 22.6 Å². The van der Waals surface area contributed by atoms with Crippen molar-refractivity contribution in [2.24, 2.45) is 0 Å². The largest absolute Gasteiger partial charge is 0.390 e. The van der Waals surface area contributed by atoms with Crippen molar-refractivity contribution >= 4 is 28.5 Å². The second-order valence-corrected chi connectivity index (χ2v) is 4.47. The standard InChI is InChI=1S/C11H11ClN6O2/c1-2-18-6-3-5(4-19)14-9(12)7(6)15-11(18)8-10(13)17-20-16-8/h3,19H,2,4H2,1H3,(H2,13,17). The lowest BCUT2D eigenvalue weighted by atomic mass is 10.3. The lowest BCUT2D eigenvalue weighted by molar-refractivity contribution is 0.277. The number of hydrogen-bond acceptors (Lipinski definition) is 7. The van der Waals surface area contributed by atoms with Gasteiger partial charge in [-0.1, -0.05) is 11.6 Å². The molecule has 104 valence electrons. The fourth-order valence-corrected chi connectivity index (χ4v) is 2.31. The number of aromatic nitrogens is 5. The second-order valence-electron chi connectivity index (χ2n) is 4.11. The minimum Gasteiger partial charge on any atom is -0.390 e. The van der Waals surface area contributed by atoms with Gasteiger partial charge in [-0.3, -0.25) is 0 Å². The maximum Gasteiger partial charge on any atom is 0.199 e. The van der Waals surface area contributed by atoms with E-state index in [1.165, 1.54) is 0 Å². The van der Waals surface area contributed by atoms with E-state index in [-0.39, 0.29) is 17.6 Å². The third-order valence-electron chi connectivity index (χ3n) is 2.95. The molecule has 0 unspecified atom stereocenters. The summed E-state index contributed by atoms with van der Waals surface area (Å²) in [5.74, 6) is 0.654. The molecule has 9 heteroatoms. The van der Waals surface area contributed by atoms with Gasteiger partial charge in [-0.2, -0.15) is 0 Å². The van der Waals surface area contributed by atoms with Gasteiger partial charge in [0.25, 0.3) is 0 Å². The van der Waals surface area contributed by atoms with Crippen molar-refractivity contribution in [1.29, 1.82) is 0 Å². The number of nitrogens with two attached hydrogens (primary N) is 1. The van der Waals surface area contributed by atoms with E-state index in [2.05, 4.69) is 24.9 Å². The minimum absolute atomic E-state index is 0.154. The molecule has 0 spiro atoms. The predicted octanol–water partition coefficient (Wildman–Crippen LogP) is 1.23. The second kappa shape index (κ2) is 4.73. The van der Waals surface area contributed by atoms with Crippen LogP contribution < -0.4 is 5.73 Å². The van der Waals surface area contributed by atoms with Gasteiger partial charge in [0.2, 0.25) is 0 Å². The van der Waals surface area contributed by atoms with Crippen molar-refractivity contribution < 1.29 is 9.74 Å². The molecule has 3 rings (SSSR count). The zero-order valence-corrected chi connectivity index (χ0v) is 11.3. The molecule has 0 aromatic carbocycles. The normalized spacial score (nSPS) is 11.3. The summed E-state index contributed by atoms with van der Waals surface area (Å²) < 4.78 is 6.46. The zero-order chi connectivity index (χ0) is 14.3. The number of aryl methyl sites for hydroxylation is 1. The van der Waals surface area contributed by atoms with E-state index in [9.17, 15) is 5.11 Å². The molecule has 0 aliphatic carbocycles. The Kier molecular flexibility index (Phi) is 3.03. The van der Waals surface area contributed by atoms with Crippen molar-refractivity contribution in [2.75, 3.05) is 5.73 Å². The van der Waals surface area contributed by atoms with Crippen molar-refractivity contribution in [1.82, 2.24) is 24.8 Å². The van der Waals surface area contributed by atoms with Gasteiger partial charge in [-0.15, -0.1) is 0 Å². The molecule has 20 heavy (non-hydrogen) atoms. The van der Waals surface area contributed by atoms with Gasteiger partial charge in [-0.25, -0.2) is 14.6 Å². The van der Waals surface area contributed by atoms with Crippen LogP contribution in [0.15, 0.2) is 10.7 Å². The molecule has 0 aliphatic rings. The molecule has 3 aromatic rings. The number of aliphatic hydroxyl groups is 1. The molecule has 0 radical (unpaired) electrons. The molecule has 8 nitrogen and oxygen atoms in total. The molecule has 0 saturated carbocycles. The van der Waals surface area contributed by atoms with Crippen LogP contribution in [0.3, 0.4) is 0 Å². The quantitative estimate of drug-likeness (QED) is 0.698. The maximum atomic E-state index is 9.21. The highest BCUT2D eigenvalue weighted by Crippen LogP contribution is 2.29. The Hall–Kier alpha value is -2.19. The number of nitrogen functional groups attached to an aromatic ring is 1. The number of nitrogens with zero attached hydrogens (tertiary/aromatic N) is 5. The highest BCUT2D eigenvalue weighted by atomic mass is 35.5. The first kappa shape index (κ1) is 12.8. The van der Waals surface area contributed by atoms with Gasteiger partial charge in [0.15, 0.2) is 22.5 Å². The Morgan fingerprint density at radius 3 is 2.80 bits per heavy atom. The van der Waals surface area contributed by atoms with Crippen molar-refractivity contribution in [3.05, 3.63) is 16.9 Å². The monoisotopic (exact) mass is 294 g/mol. The number of hydrogen-bond donors (Lipinski definition) is 2. The van der Waals surface area contributed by atoms with Gasteiger partial charge in [0, 0.05) is 6.54 Å². The van der Waals surface area contributed by atoms with Crippen molar-refractivity contribution in [3.63, 3.8) is 0 Å². The Balaban J connectivity index is 2.34. The van der Waals surface area contributed by atoms with Gasteiger partial charge in [-0.05, 0) is 23.3 Å². The number of rotatable bonds is 3. The summed E-state index contributed by atoms with van der Waals surface area (Å²) in [6, 6.07) is 1.73. The predicted molar refractivity (Wildman–Crippen MR) is 71.8 cm³/mol. The molecular formula is C11H11ClN6O2. The highest BCUT2D eigenvalue weighted by Gasteiger charge is 2.20. The van der Waals surface area contributed by atoms with Gasteiger partial charge in [0.05, 0.1) is 17.8 Å². The molecular weight excluding hydrogens is 284 g/mol. The maximum absolute atomic E-state index is 9.21. The first-order valence-electron chi connectivity index (χ1n) is 5.90. The van der Waals surface area contributed by atoms with Crippen LogP contribution in [0.4, 0.5) is 5.82 Å². The van der Waals surface area contributed by atoms with Crippen LogP contribution in [0, 0.1) is 0 Å². The van der Waals surface area contributed by atoms with Gasteiger partial charge < -0.3 is 15.4 Å². The average molecular weight is 295 g/mol. The van der Waals surface area contributed by atoms with Gasteiger partial charge in [0.1, 0.15) is 5.52 Å². The third kappa shape index (κ3) is 1.81. The summed E-state index contributed by atoms with van der Waals surface area (Å²) in [5, 5.41) is 16.7. The van der Waals surface area contributed by atoms with E-state index < -0.39 is 0 Å². The Morgan fingerprint density at radius 2 is 2.20 bits per heavy atom. The number of anilines is 1. The van der Waals surface area contributed by atoms with E-state index in [1.54, 1.807) is 6.07 Å². The lowest BCUT2D eigenvalue weighted by Crippen LogP contribution is -2.00. The molecule has 0 amide bonds. The first-order chi connectivity index (χ1) is 9.65. The number of pyridine rings is 1. The van der Waals surface area contributed by atoms with Crippen LogP contribution in [0.1, 0.15) is 12.6 Å². The summed E-state index contributed by atoms with van der Waals surface area (Å²) in [7, 11) is 0. The number of halogens is 1. The first-order valence-corrected chi connectivity index (χ1v) is 6.28. The number of fused-ring (bicyclic) bond motifs is 1. The molecule has 0 bridgehead atoms. The van der Waals surface area contributed by atoms with Crippen molar-refractivity contribution in [2.45, 2.75) is 20.1 Å². The summed E-state index contributed by atoms with van der Waals surface area (Å²) in [6.07, 6.45) is 0. The molecule has 0 saturated heterocycles. The van der Waals surface area contributed by atoms with E-state index in [1.807, 2.05) is 11.5 Å². The molecule has 3 N–H and O–H groups in total. The molecule has 0 fully saturated rings. The molecule has 0 aliphatic heterocycles. The highest BCUT2D eigenvalue weighted by molar-refractivity contribution is 6.33. The van der Waals surface area contributed by atoms with Crippen LogP contribution in [0.2, 0.25) is 5.15 Å². The summed E-state index contributed by atoms with van der Waals surface area (Å²) in [6.45, 7) is 2.36. The van der Waals surface area contributed by atoms with Crippen LogP contribution >= 0.6 is 11.6 Å². The van der Waals surface area contributed by atoms with E-state index in [4.69, 9.17) is 17.3 Å². The van der Waals surface area contributed by atoms with E-state index >= 15 is 0 Å². The average Bonchev–Trinajstić information content (AvgIpc) is 3.01. The summed E-state index contributed by atoms with van der Waals surface area (Å²) >= 11 is 6.10. The fraction of sp³-hybridized carbons (Fsp3) is 0.273. The fourth-order valence-electron chi connectivity index (χ4n) is 2.07. The Labute approximate surface area is 118 Å². The topological polar surface area (TPSA) is 116 Å². The van der Waals surface area contributed by atoms with E-state index in [0.717, 1.165) is 5.52 Å². The SMILES string of the molecule is CCn1c(-c2nonc2N)nc2c(Cl)nc(CO)cc21. The van der Waals surface area contributed by atoms with Crippen LogP contribution in [-0.2, 0) is 13.2 Å². The number of imidazole rings is 1. The molecule has 3 heterocycles. The van der Waals surface area contributed by atoms with E-state index in [0.29, 0.717) is 29.3 Å². The summed E-state index contributed by atoms with van der Waals surface area (Å²) in [5.41, 5.74) is 7.78. The Bertz CT molecular complexity index is 781. The minimum atomic E-state index is -0.201. The van der Waals surface area contributed by atoms with Crippen molar-refractivity contribution in [3.8, 4) is 11.5 Å². The molecule has 0 atom stereocenters. The van der Waals surface area contributed by atoms with Crippen LogP contribution in [-0.4, -0.2) is 30.0 Å². The number of aliphatic hydroxyl groups excluding tert-OH is 1. The third-order valence-corrected chi connectivity index (χ3v) is 3.21. The Morgan fingerprint density at radius 1 is 1.40 bits per heavy atom.